The van der Waals surface area contributed by atoms with Crippen LogP contribution in [0, 0.1) is 27.7 Å². The van der Waals surface area contributed by atoms with Crippen molar-refractivity contribution in [1.82, 2.24) is 20.0 Å². The molecule has 33 heavy (non-hydrogen) atoms. The first kappa shape index (κ1) is 21.2. The fourth-order valence-electron chi connectivity index (χ4n) is 3.99. The maximum atomic E-state index is 12.6. The van der Waals surface area contributed by atoms with Crippen molar-refractivity contribution in [2.24, 2.45) is 0 Å². The number of rotatable bonds is 5. The zero-order valence-electron chi connectivity index (χ0n) is 18.8. The molecule has 0 unspecified atom stereocenters. The van der Waals surface area contributed by atoms with Crippen molar-refractivity contribution in [2.45, 2.75) is 32.9 Å². The van der Waals surface area contributed by atoms with Crippen LogP contribution < -0.4 is 5.32 Å². The molecule has 0 atom stereocenters. The van der Waals surface area contributed by atoms with E-state index in [4.69, 9.17) is 4.42 Å². The second-order valence-electron chi connectivity index (χ2n) is 8.20. The van der Waals surface area contributed by atoms with Gasteiger partial charge in [0.2, 0.25) is 5.91 Å². The van der Waals surface area contributed by atoms with Gasteiger partial charge < -0.3 is 9.73 Å². The Morgan fingerprint density at radius 3 is 2.24 bits per heavy atom. The topological polar surface area (TPSA) is 85.8 Å². The van der Waals surface area contributed by atoms with Gasteiger partial charge in [-0.2, -0.15) is 0 Å². The van der Waals surface area contributed by atoms with E-state index in [0.29, 0.717) is 16.3 Å². The van der Waals surface area contributed by atoms with Crippen molar-refractivity contribution in [2.75, 3.05) is 11.1 Å². The summed E-state index contributed by atoms with van der Waals surface area (Å²) in [6.45, 7) is 8.04. The first-order chi connectivity index (χ1) is 15.9. The molecule has 2 heterocycles. The lowest BCUT2D eigenvalue weighted by Crippen LogP contribution is -2.15. The fraction of sp³-hybridized carbons (Fsp3) is 0.200. The van der Waals surface area contributed by atoms with Crippen LogP contribution in [-0.2, 0) is 4.79 Å². The molecule has 5 aromatic rings. The summed E-state index contributed by atoms with van der Waals surface area (Å²) in [5.74, 6) is 0.0892. The van der Waals surface area contributed by atoms with Crippen LogP contribution in [0.25, 0.3) is 27.8 Å². The van der Waals surface area contributed by atoms with Crippen LogP contribution in [0.3, 0.4) is 0 Å². The molecule has 2 aromatic heterocycles. The van der Waals surface area contributed by atoms with E-state index in [1.807, 2.05) is 64.1 Å². The Hall–Kier alpha value is -3.65. The molecule has 7 nitrogen and oxygen atoms in total. The standard InChI is InChI=1S/C25H23N5O2S/c1-14-9-16(3)23(17(4)10-14)27-22(31)13-33-25-26-20-11-15(2)12-21(24(20)32-25)30-28-18-7-5-6-8-19(18)29-30/h5-12H,13H2,1-4H3,(H,27,31). The van der Waals surface area contributed by atoms with Gasteiger partial charge in [0.15, 0.2) is 5.58 Å². The summed E-state index contributed by atoms with van der Waals surface area (Å²) in [4.78, 5) is 18.8. The maximum absolute atomic E-state index is 12.6. The molecular formula is C25H23N5O2S. The van der Waals surface area contributed by atoms with E-state index in [1.165, 1.54) is 17.3 Å². The predicted octanol–water partition coefficient (Wildman–Crippen LogP) is 5.53. The fourth-order valence-corrected chi connectivity index (χ4v) is 4.62. The van der Waals surface area contributed by atoms with Crippen molar-refractivity contribution in [3.05, 3.63) is 70.8 Å². The monoisotopic (exact) mass is 457 g/mol. The van der Waals surface area contributed by atoms with Crippen molar-refractivity contribution >= 4 is 45.5 Å². The van der Waals surface area contributed by atoms with Crippen LogP contribution in [-0.4, -0.2) is 31.6 Å². The van der Waals surface area contributed by atoms with Crippen molar-refractivity contribution in [3.8, 4) is 5.69 Å². The van der Waals surface area contributed by atoms with Gasteiger partial charge in [-0.05, 0) is 68.7 Å². The molecule has 0 radical (unpaired) electrons. The normalized spacial score (nSPS) is 11.4. The quantitative estimate of drug-likeness (QED) is 0.350. The third-order valence-corrected chi connectivity index (χ3v) is 6.19. The summed E-state index contributed by atoms with van der Waals surface area (Å²) >= 11 is 1.26. The molecule has 0 aliphatic heterocycles. The number of amides is 1. The van der Waals surface area contributed by atoms with E-state index in [9.17, 15) is 4.79 Å². The van der Waals surface area contributed by atoms with E-state index in [2.05, 4.69) is 32.6 Å². The summed E-state index contributed by atoms with van der Waals surface area (Å²) < 4.78 is 6.04. The number of hydrogen-bond donors (Lipinski definition) is 1. The number of hydrogen-bond acceptors (Lipinski definition) is 6. The number of nitrogens with zero attached hydrogens (tertiary/aromatic N) is 4. The van der Waals surface area contributed by atoms with Crippen LogP contribution >= 0.6 is 11.8 Å². The molecule has 3 aromatic carbocycles. The molecule has 0 saturated carbocycles. The lowest BCUT2D eigenvalue weighted by atomic mass is 10.1. The van der Waals surface area contributed by atoms with Gasteiger partial charge in [-0.15, -0.1) is 15.0 Å². The number of thioether (sulfide) groups is 1. The third kappa shape index (κ3) is 4.21. The van der Waals surface area contributed by atoms with Gasteiger partial charge in [0.1, 0.15) is 22.2 Å². The van der Waals surface area contributed by atoms with Crippen molar-refractivity contribution < 1.29 is 9.21 Å². The zero-order chi connectivity index (χ0) is 23.1. The number of carbonyl (C=O) groups excluding carboxylic acids is 1. The van der Waals surface area contributed by atoms with E-state index < -0.39 is 0 Å². The predicted molar refractivity (Wildman–Crippen MR) is 131 cm³/mol. The van der Waals surface area contributed by atoms with E-state index >= 15 is 0 Å². The minimum absolute atomic E-state index is 0.103. The Bertz CT molecular complexity index is 1460. The first-order valence-corrected chi connectivity index (χ1v) is 11.6. The van der Waals surface area contributed by atoms with Gasteiger partial charge >= 0.3 is 0 Å². The van der Waals surface area contributed by atoms with E-state index in [1.54, 1.807) is 4.80 Å². The molecule has 8 heteroatoms. The van der Waals surface area contributed by atoms with Crippen LogP contribution in [0.5, 0.6) is 0 Å². The lowest BCUT2D eigenvalue weighted by Gasteiger charge is -2.12. The average Bonchev–Trinajstić information content (AvgIpc) is 3.38. The highest BCUT2D eigenvalue weighted by Crippen LogP contribution is 2.30. The Kier molecular flexibility index (Phi) is 5.38. The highest BCUT2D eigenvalue weighted by molar-refractivity contribution is 7.99. The van der Waals surface area contributed by atoms with Crippen LogP contribution in [0.15, 0.2) is 58.2 Å². The summed E-state index contributed by atoms with van der Waals surface area (Å²) in [6.07, 6.45) is 0. The summed E-state index contributed by atoms with van der Waals surface area (Å²) in [5.41, 5.74) is 8.78. The summed E-state index contributed by atoms with van der Waals surface area (Å²) in [6, 6.07) is 15.8. The smallest absolute Gasteiger partial charge is 0.257 e. The van der Waals surface area contributed by atoms with Gasteiger partial charge in [-0.1, -0.05) is 41.6 Å². The molecule has 0 aliphatic carbocycles. The maximum Gasteiger partial charge on any atom is 0.257 e. The number of anilines is 1. The van der Waals surface area contributed by atoms with Crippen molar-refractivity contribution in [3.63, 3.8) is 0 Å². The highest BCUT2D eigenvalue weighted by atomic mass is 32.2. The first-order valence-electron chi connectivity index (χ1n) is 10.6. The van der Waals surface area contributed by atoms with Gasteiger partial charge in [0.25, 0.3) is 5.22 Å². The number of aromatic nitrogens is 4. The number of carbonyl (C=O) groups is 1. The average molecular weight is 458 g/mol. The molecule has 1 N–H and O–H groups in total. The SMILES string of the molecule is Cc1cc(C)c(NC(=O)CSc2nc3cc(C)cc(-n4nc5ccccc5n4)c3o2)c(C)c1. The third-order valence-electron chi connectivity index (χ3n) is 5.37. The zero-order valence-corrected chi connectivity index (χ0v) is 19.7. The van der Waals surface area contributed by atoms with E-state index in [0.717, 1.165) is 39.1 Å². The second-order valence-corrected chi connectivity index (χ2v) is 9.13. The molecule has 1 amide bonds. The molecule has 0 bridgehead atoms. The molecule has 166 valence electrons. The molecule has 0 aliphatic rings. The minimum Gasteiger partial charge on any atom is -0.429 e. The Morgan fingerprint density at radius 2 is 1.58 bits per heavy atom. The van der Waals surface area contributed by atoms with Crippen LogP contribution in [0.1, 0.15) is 22.3 Å². The molecule has 0 fully saturated rings. The Labute approximate surface area is 195 Å². The number of nitrogens with one attached hydrogen (secondary N) is 1. The number of fused-ring (bicyclic) bond motifs is 2. The minimum atomic E-state index is -0.103. The summed E-state index contributed by atoms with van der Waals surface area (Å²) in [7, 11) is 0. The Morgan fingerprint density at radius 1 is 0.939 bits per heavy atom. The molecule has 0 saturated heterocycles. The Balaban J connectivity index is 1.39. The molecule has 0 spiro atoms. The number of aryl methyl sites for hydroxylation is 4. The second kappa shape index (κ2) is 8.37. The molecule has 5 rings (SSSR count). The number of oxazole rings is 1. The van der Waals surface area contributed by atoms with Crippen LogP contribution in [0.2, 0.25) is 0 Å². The lowest BCUT2D eigenvalue weighted by molar-refractivity contribution is -0.113. The van der Waals surface area contributed by atoms with Gasteiger partial charge in [-0.25, -0.2) is 4.98 Å². The van der Waals surface area contributed by atoms with Crippen LogP contribution in [0.4, 0.5) is 5.69 Å². The largest absolute Gasteiger partial charge is 0.429 e. The molecular weight excluding hydrogens is 434 g/mol. The van der Waals surface area contributed by atoms with Gasteiger partial charge in [-0.3, -0.25) is 4.79 Å². The van der Waals surface area contributed by atoms with Gasteiger partial charge in [0.05, 0.1) is 5.75 Å². The van der Waals surface area contributed by atoms with Crippen molar-refractivity contribution in [1.29, 1.82) is 0 Å². The van der Waals surface area contributed by atoms with E-state index in [-0.39, 0.29) is 11.7 Å². The van der Waals surface area contributed by atoms with Gasteiger partial charge in [0, 0.05) is 5.69 Å². The number of benzene rings is 3. The highest BCUT2D eigenvalue weighted by Gasteiger charge is 2.17. The summed E-state index contributed by atoms with van der Waals surface area (Å²) in [5, 5.41) is 12.6.